The number of rotatable bonds is 24. The van der Waals surface area contributed by atoms with Gasteiger partial charge in [0.05, 0.1) is 104 Å². The fourth-order valence-corrected chi connectivity index (χ4v) is 17.7. The molecule has 7 heterocycles. The number of allylic oxidation sites excluding steroid dienone is 3. The number of thioether (sulfide) groups is 2. The number of alkyl halides is 1. The van der Waals surface area contributed by atoms with Gasteiger partial charge in [0.25, 0.3) is 11.8 Å². The highest BCUT2D eigenvalue weighted by atomic mass is 35.5. The van der Waals surface area contributed by atoms with Crippen LogP contribution in [-0.2, 0) is 68.5 Å². The van der Waals surface area contributed by atoms with Gasteiger partial charge in [-0.2, -0.15) is 0 Å². The van der Waals surface area contributed by atoms with E-state index < -0.39 is 106 Å². The average molecular weight is 1830 g/mol. The lowest BCUT2D eigenvalue weighted by Crippen LogP contribution is -2.71. The Kier molecular flexibility index (Phi) is 29.9. The van der Waals surface area contributed by atoms with E-state index in [-0.39, 0.29) is 86.6 Å². The summed E-state index contributed by atoms with van der Waals surface area (Å²) in [6, 6.07) is 28.9. The number of ether oxygens (including phenoxy) is 9. The second-order valence-electron chi connectivity index (χ2n) is 28.9. The van der Waals surface area contributed by atoms with Crippen molar-refractivity contribution in [3.63, 3.8) is 0 Å². The van der Waals surface area contributed by atoms with Crippen LogP contribution in [0.5, 0.6) is 17.2 Å². The molecule has 128 heavy (non-hydrogen) atoms. The first-order chi connectivity index (χ1) is 61.0. The lowest BCUT2D eigenvalue weighted by atomic mass is 9.80. The van der Waals surface area contributed by atoms with E-state index in [0.29, 0.717) is 106 Å². The predicted molar refractivity (Wildman–Crippen MR) is 474 cm³/mol. The molecule has 34 nitrogen and oxygen atoms in total. The highest BCUT2D eigenvalue weighted by molar-refractivity contribution is 8.01. The third kappa shape index (κ3) is 20.0. The lowest BCUT2D eigenvalue weighted by Gasteiger charge is -2.49. The molecule has 7 unspecified atom stereocenters. The zero-order valence-electron chi connectivity index (χ0n) is 70.1. The Morgan fingerprint density at radius 3 is 1.95 bits per heavy atom. The summed E-state index contributed by atoms with van der Waals surface area (Å²) < 4.78 is 68.6. The summed E-state index contributed by atoms with van der Waals surface area (Å²) in [4.78, 5) is 170. The van der Waals surface area contributed by atoms with Crippen molar-refractivity contribution in [2.24, 2.45) is 10.9 Å². The Balaban J connectivity index is 0.000000191. The van der Waals surface area contributed by atoms with Crippen molar-refractivity contribution in [1.82, 2.24) is 31.5 Å². The third-order valence-corrected chi connectivity index (χ3v) is 24.1. The van der Waals surface area contributed by atoms with Gasteiger partial charge in [0.15, 0.2) is 16.9 Å². The number of methoxy groups -OCH3 is 9. The second-order valence-corrected chi connectivity index (χ2v) is 31.9. The van der Waals surface area contributed by atoms with E-state index in [0.717, 1.165) is 34.8 Å². The molecule has 7 N–H and O–H groups in total. The molecule has 4 aliphatic carbocycles. The van der Waals surface area contributed by atoms with E-state index in [1.165, 1.54) is 121 Å². The van der Waals surface area contributed by atoms with Crippen LogP contribution in [0.1, 0.15) is 45.2 Å². The van der Waals surface area contributed by atoms with E-state index in [9.17, 15) is 62.3 Å². The molecule has 4 amide bonds. The van der Waals surface area contributed by atoms with Gasteiger partial charge in [-0.05, 0) is 121 Å². The molecule has 9 aliphatic rings. The van der Waals surface area contributed by atoms with Crippen molar-refractivity contribution in [1.29, 1.82) is 0 Å². The van der Waals surface area contributed by atoms with E-state index in [1.807, 2.05) is 43.3 Å². The number of hydrogen-bond acceptors (Lipinski definition) is 31. The van der Waals surface area contributed by atoms with Crippen LogP contribution in [0.2, 0.25) is 5.02 Å². The molecule has 1 saturated heterocycles. The zero-order valence-corrected chi connectivity index (χ0v) is 73.2. The summed E-state index contributed by atoms with van der Waals surface area (Å²) >= 11 is 15.2. The fraction of sp³-hybridized carbons (Fsp3) is 0.267. The molecular formula is C90H83Cl2N7O27S2. The lowest BCUT2D eigenvalue weighted by molar-refractivity contribution is -0.151. The molecule has 0 bridgehead atoms. The number of nitrogens with one attached hydrogen (secondary N) is 5. The Bertz CT molecular complexity index is 6630. The number of hydrogen-bond donors (Lipinski definition) is 5. The van der Waals surface area contributed by atoms with Crippen molar-refractivity contribution >= 4 is 157 Å². The van der Waals surface area contributed by atoms with Crippen molar-refractivity contribution < 1.29 is 109 Å². The van der Waals surface area contributed by atoms with Crippen molar-refractivity contribution in [2.75, 3.05) is 95.1 Å². The van der Waals surface area contributed by atoms with Gasteiger partial charge in [-0.1, -0.05) is 48.0 Å². The van der Waals surface area contributed by atoms with Crippen molar-refractivity contribution in [2.45, 2.75) is 59.9 Å². The first kappa shape index (κ1) is 93.7. The van der Waals surface area contributed by atoms with Crippen molar-refractivity contribution in [3.05, 3.63) is 236 Å². The Hall–Kier alpha value is -13.5. The molecule has 0 radical (unpaired) electrons. The van der Waals surface area contributed by atoms with Gasteiger partial charge in [-0.3, -0.25) is 48.8 Å². The Labute approximate surface area is 745 Å². The molecule has 38 heteroatoms. The molecule has 4 aromatic carbocycles. The van der Waals surface area contributed by atoms with Gasteiger partial charge in [-0.15, -0.1) is 35.1 Å². The molecule has 15 rings (SSSR count). The maximum absolute atomic E-state index is 13.6. The number of halogens is 2. The molecule has 666 valence electrons. The quantitative estimate of drug-likeness (QED) is 0.00792. The average Bonchev–Trinajstić information content (AvgIpc) is 0.727. The Morgan fingerprint density at radius 1 is 0.664 bits per heavy atom. The molecule has 6 aromatic rings. The minimum absolute atomic E-state index is 0. The molecular weight excluding hydrogens is 1750 g/mol. The first-order valence-corrected chi connectivity index (χ1v) is 41.6. The van der Waals surface area contributed by atoms with E-state index in [2.05, 4.69) is 42.9 Å². The number of nitrogens with zero attached hydrogens (tertiary/aromatic N) is 2. The molecule has 7 atom stereocenters. The standard InChI is InChI=1S/C44H38ClN3O12S2.C23H23ClN4O9.C23H20O5.H2O/c1-55-25-6-9-29-34(14-25)59-33-13-24(49)5-8-28(33)37(29)27-10-7-26(15-30(27)43(53)57-3)61-19-23-20-62-41-38(40(51)48(41)39(23)44(54)58-4)47-36(50)18-46-17-22-11-21-12-31(45)35(56-2)16-32(21)60-42(22)52;1-10-8-25-19(28-17(10)22(32)35-3)18(23(33)36-4)27-16(29)9-26-20(30)12-5-11-6-13(24)15(34-2)7-14(11)37-21(12)31;1-13-4-7-16(19(10-13)23(25)27-3)22-17-8-5-14(24)11-20(17)28-21-12-15(26-2)6-9-18(21)22;/h5-16,31,35,38,41,46H,17-20H2,1-4H3,(H,47,50);5-7,18-19,25H,1,8-9H2,2-4H3,(H,26,30)(H,27,29);4-9,11-12,19H,10H2,1-3H3;1H2. The third-order valence-electron chi connectivity index (χ3n) is 21.0. The van der Waals surface area contributed by atoms with Gasteiger partial charge in [0.1, 0.15) is 85.5 Å². The number of β-lactam (4-membered cyclic amide) rings is 1. The number of fused-ring (bicyclic) bond motifs is 7. The van der Waals surface area contributed by atoms with E-state index in [1.54, 1.807) is 67.8 Å². The monoisotopic (exact) mass is 1830 g/mol. The number of carbonyl (C=O) groups is 9. The van der Waals surface area contributed by atoms with Gasteiger partial charge in [-0.25, -0.2) is 28.8 Å². The van der Waals surface area contributed by atoms with Crippen LogP contribution in [0, 0.1) is 5.92 Å². The first-order valence-electron chi connectivity index (χ1n) is 38.8. The number of benzene rings is 6. The van der Waals surface area contributed by atoms with E-state index >= 15 is 0 Å². The molecule has 1 fully saturated rings. The summed E-state index contributed by atoms with van der Waals surface area (Å²) in [7, 11) is 12.2. The summed E-state index contributed by atoms with van der Waals surface area (Å²) in [6.07, 6.45) is 6.42. The number of carbonyl (C=O) groups excluding carboxylic acids is 9. The van der Waals surface area contributed by atoms with Crippen LogP contribution in [0.15, 0.2) is 203 Å². The van der Waals surface area contributed by atoms with Crippen molar-refractivity contribution in [3.8, 4) is 51.0 Å². The highest BCUT2D eigenvalue weighted by Crippen LogP contribution is 2.47. The van der Waals surface area contributed by atoms with Gasteiger partial charge in [0, 0.05) is 111 Å². The van der Waals surface area contributed by atoms with Crippen LogP contribution in [-0.4, -0.2) is 200 Å². The second kappa shape index (κ2) is 40.9. The maximum Gasteiger partial charge on any atom is 0.356 e. The van der Waals surface area contributed by atoms with Crippen LogP contribution < -0.4 is 73.5 Å². The summed E-state index contributed by atoms with van der Waals surface area (Å²) in [6.45, 7) is 5.01. The van der Waals surface area contributed by atoms with E-state index in [4.69, 9.17) is 78.8 Å². The van der Waals surface area contributed by atoms with Crippen LogP contribution >= 0.6 is 46.7 Å². The van der Waals surface area contributed by atoms with Crippen LogP contribution in [0.4, 0.5) is 0 Å². The van der Waals surface area contributed by atoms with Crippen LogP contribution in [0.25, 0.3) is 84.4 Å². The number of amides is 4. The number of aliphatic imine (C=N–C) groups is 1. The molecule has 2 aromatic heterocycles. The van der Waals surface area contributed by atoms with Crippen LogP contribution in [0.3, 0.4) is 0 Å². The predicted octanol–water partition coefficient (Wildman–Crippen LogP) is 6.77. The summed E-state index contributed by atoms with van der Waals surface area (Å²) in [5.41, 5.74) is 6.24. The number of esters is 5. The largest absolute Gasteiger partial charge is 0.497 e. The fourth-order valence-electron chi connectivity index (χ4n) is 14.7. The SMILES string of the molecule is C=C1CNC(C(NC(=O)CNC(=O)c2cc3cc(Cl)c(OC)cc3oc2=O)C(=O)OC)N=C1C(=O)OC.COC(=O)C1=C(CSc2ccc(-c3c4ccc(=O)cc-4oc4cc(OC)ccc34)c(C(=O)OC)c2)CSC2C(NC(=O)CNCc3cc4c(oc3=O)=CC(OC)C(Cl)C=4)C(=O)N12.COC(=O)C1CC(C)=CC=C1c1c2ccc(=O)cc-2oc2cc(OC)ccc12.O. The summed E-state index contributed by atoms with van der Waals surface area (Å²) in [5, 5.41) is 14.9. The smallest absolute Gasteiger partial charge is 0.356 e. The normalized spacial score (nSPS) is 17.5. The van der Waals surface area contributed by atoms with Gasteiger partial charge in [0.2, 0.25) is 11.8 Å². The van der Waals surface area contributed by atoms with Gasteiger partial charge < -0.3 is 87.0 Å². The maximum atomic E-state index is 13.6. The molecule has 0 saturated carbocycles. The molecule has 0 spiro atoms. The minimum atomic E-state index is -1.36. The minimum Gasteiger partial charge on any atom is -0.497 e. The zero-order chi connectivity index (χ0) is 90.9. The highest BCUT2D eigenvalue weighted by Gasteiger charge is 2.54. The molecule has 5 aliphatic heterocycles. The summed E-state index contributed by atoms with van der Waals surface area (Å²) in [5.74, 6) is -3.36. The Morgan fingerprint density at radius 2 is 1.32 bits per heavy atom. The topological polar surface area (TPSA) is 465 Å². The van der Waals surface area contributed by atoms with Gasteiger partial charge >= 0.3 is 41.1 Å².